The smallest absolute Gasteiger partial charge is 0.426 e. The van der Waals surface area contributed by atoms with Crippen LogP contribution in [0.25, 0.3) is 6.08 Å². The lowest BCUT2D eigenvalue weighted by molar-refractivity contribution is -0.185. The van der Waals surface area contributed by atoms with E-state index in [9.17, 15) is 26.7 Å². The van der Waals surface area contributed by atoms with Gasteiger partial charge in [0.05, 0.1) is 12.2 Å². The van der Waals surface area contributed by atoms with Crippen molar-refractivity contribution >= 4 is 23.4 Å². The Balaban J connectivity index is 1.31. The molecule has 0 fully saturated rings. The first-order chi connectivity index (χ1) is 22.7. The second-order valence-corrected chi connectivity index (χ2v) is 12.0. The molecule has 0 amide bonds. The fourth-order valence-corrected chi connectivity index (χ4v) is 5.11. The van der Waals surface area contributed by atoms with E-state index >= 15 is 0 Å². The highest BCUT2D eigenvalue weighted by molar-refractivity contribution is 5.87. The van der Waals surface area contributed by atoms with Gasteiger partial charge in [0.15, 0.2) is 0 Å². The number of ether oxygens (including phenoxy) is 2. The van der Waals surface area contributed by atoms with Crippen molar-refractivity contribution in [3.05, 3.63) is 138 Å². The molecule has 0 aromatic heterocycles. The molecule has 4 aromatic carbocycles. The molecule has 0 aliphatic rings. The van der Waals surface area contributed by atoms with Gasteiger partial charge < -0.3 is 20.9 Å². The molecule has 10 heteroatoms. The van der Waals surface area contributed by atoms with Crippen molar-refractivity contribution in [2.45, 2.75) is 50.8 Å². The number of carbonyl (C=O) groups excluding carboxylic acids is 1. The zero-order valence-electron chi connectivity index (χ0n) is 26.3. The van der Waals surface area contributed by atoms with Gasteiger partial charge in [0.2, 0.25) is 0 Å². The highest BCUT2D eigenvalue weighted by Gasteiger charge is 2.34. The molecule has 0 aliphatic heterocycles. The van der Waals surface area contributed by atoms with Crippen LogP contribution in [0.1, 0.15) is 47.1 Å². The molecular weight excluding hydrogens is 627 g/mol. The van der Waals surface area contributed by atoms with Crippen molar-refractivity contribution in [1.29, 1.82) is 0 Å². The fraction of sp³-hybridized carbons (Fsp3) is 0.263. The van der Waals surface area contributed by atoms with Gasteiger partial charge in [-0.1, -0.05) is 48.5 Å². The summed E-state index contributed by atoms with van der Waals surface area (Å²) in [5.41, 5.74) is 15.0. The van der Waals surface area contributed by atoms with Crippen LogP contribution in [0.2, 0.25) is 0 Å². The van der Waals surface area contributed by atoms with E-state index in [1.54, 1.807) is 36.4 Å². The summed E-state index contributed by atoms with van der Waals surface area (Å²) in [6.07, 6.45) is -4.24. The molecule has 4 aromatic rings. The first-order valence-corrected chi connectivity index (χ1v) is 15.4. The minimum atomic E-state index is -4.19. The molecule has 0 saturated carbocycles. The second-order valence-electron chi connectivity index (χ2n) is 12.0. The number of benzene rings is 4. The van der Waals surface area contributed by atoms with Crippen LogP contribution in [0.15, 0.2) is 103 Å². The quantitative estimate of drug-likeness (QED) is 0.0435. The van der Waals surface area contributed by atoms with Gasteiger partial charge in [-0.15, -0.1) is 0 Å². The number of rotatable bonds is 15. The molecule has 0 aliphatic carbocycles. The second kappa shape index (κ2) is 15.8. The van der Waals surface area contributed by atoms with Gasteiger partial charge in [-0.25, -0.2) is 4.79 Å². The Hall–Kier alpha value is -4.86. The van der Waals surface area contributed by atoms with E-state index in [2.05, 4.69) is 6.92 Å². The van der Waals surface area contributed by atoms with Gasteiger partial charge in [0, 0.05) is 29.3 Å². The molecule has 1 radical (unpaired) electrons. The number of nitrogens with two attached hydrogens (primary N) is 2. The van der Waals surface area contributed by atoms with E-state index in [4.69, 9.17) is 20.9 Å². The van der Waals surface area contributed by atoms with Crippen molar-refractivity contribution in [2.75, 3.05) is 18.1 Å². The first kappa shape index (κ1) is 36.0. The zero-order chi connectivity index (χ0) is 34.8. The minimum Gasteiger partial charge on any atom is -0.462 e. The van der Waals surface area contributed by atoms with Gasteiger partial charge in [-0.2, -0.15) is 22.0 Å². The van der Waals surface area contributed by atoms with Crippen LogP contribution in [0.3, 0.4) is 0 Å². The van der Waals surface area contributed by atoms with Crippen LogP contribution < -0.4 is 16.2 Å². The largest absolute Gasteiger partial charge is 0.462 e. The lowest BCUT2D eigenvalue weighted by Crippen LogP contribution is -2.30. The fourth-order valence-electron chi connectivity index (χ4n) is 5.11. The average Bonchev–Trinajstić information content (AvgIpc) is 3.04. The van der Waals surface area contributed by atoms with Crippen LogP contribution in [-0.4, -0.2) is 18.8 Å². The third-order valence-electron chi connectivity index (χ3n) is 7.64. The van der Waals surface area contributed by atoms with Crippen LogP contribution >= 0.6 is 0 Å². The molecule has 48 heavy (non-hydrogen) atoms. The Labute approximate surface area is 277 Å². The van der Waals surface area contributed by atoms with Crippen LogP contribution in [0.4, 0.5) is 33.3 Å². The number of nitrogen functional groups attached to an aromatic ring is 2. The maximum atomic E-state index is 14.9. The van der Waals surface area contributed by atoms with Gasteiger partial charge in [-0.05, 0) is 116 Å². The number of hydrogen-bond acceptors (Lipinski definition) is 5. The summed E-state index contributed by atoms with van der Waals surface area (Å²) >= 11 is 0. The molecule has 0 bridgehead atoms. The van der Waals surface area contributed by atoms with Crippen LogP contribution in [-0.2, 0) is 34.9 Å². The molecule has 0 heterocycles. The number of anilines is 2. The highest BCUT2D eigenvalue weighted by Crippen LogP contribution is 2.33. The van der Waals surface area contributed by atoms with E-state index < -0.39 is 35.7 Å². The Kier molecular flexibility index (Phi) is 11.9. The van der Waals surface area contributed by atoms with Gasteiger partial charge in [-0.3, -0.25) is 0 Å². The number of carbonyl (C=O) groups is 1. The number of alkyl halides is 5. The van der Waals surface area contributed by atoms with Crippen molar-refractivity contribution in [1.82, 2.24) is 0 Å². The number of unbranched alkanes of at least 4 members (excludes halogenated alkanes) is 1. The lowest BCUT2D eigenvalue weighted by atomic mass is 9.79. The maximum absolute atomic E-state index is 14.9. The SMILES string of the molecule is [CH2]C(COC(=O)/C=C/c1ccc(C(F)(F)Oc2ccc(CCCCC(F)(F)F)cc2)cc1)(Cc1ccc(N)cc1)Cc1ccc(N)cc1. The van der Waals surface area contributed by atoms with Crippen molar-refractivity contribution in [3.63, 3.8) is 0 Å². The monoisotopic (exact) mass is 665 g/mol. The molecule has 4 N–H and O–H groups in total. The topological polar surface area (TPSA) is 87.6 Å². The Bertz CT molecular complexity index is 1590. The van der Waals surface area contributed by atoms with E-state index in [1.165, 1.54) is 48.6 Å². The lowest BCUT2D eigenvalue weighted by Gasteiger charge is -2.29. The summed E-state index contributed by atoms with van der Waals surface area (Å²) in [5.74, 6) is -0.695. The van der Waals surface area contributed by atoms with E-state index in [-0.39, 0.29) is 18.8 Å². The van der Waals surface area contributed by atoms with E-state index in [0.717, 1.165) is 16.7 Å². The molecular formula is C38H38F5N2O3. The number of hydrogen-bond donors (Lipinski definition) is 2. The first-order valence-electron chi connectivity index (χ1n) is 15.4. The standard InChI is InChI=1S/C38H38F5N2O3/c1-36(24-29-7-16-32(44)17-8-29,25-30-9-18-33(45)19-10-30)26-47-35(46)22-13-28-5-14-31(15-6-28)38(42,43)48-34-20-11-27(12-21-34)4-2-3-23-37(39,40)41/h5-22H,1-4,23-26,44-45H2/b22-13+. The van der Waals surface area contributed by atoms with Gasteiger partial charge in [0.1, 0.15) is 5.75 Å². The van der Waals surface area contributed by atoms with Crippen LogP contribution in [0.5, 0.6) is 5.75 Å². The molecule has 253 valence electrons. The molecule has 0 atom stereocenters. The number of esters is 1. The zero-order valence-corrected chi connectivity index (χ0v) is 26.3. The van der Waals surface area contributed by atoms with Gasteiger partial charge in [0.25, 0.3) is 0 Å². The summed E-state index contributed by atoms with van der Waals surface area (Å²) in [7, 11) is 0. The van der Waals surface area contributed by atoms with E-state index in [1.807, 2.05) is 24.3 Å². The molecule has 0 unspecified atom stereocenters. The third kappa shape index (κ3) is 11.7. The maximum Gasteiger partial charge on any atom is 0.426 e. The number of aryl methyl sites for hydroxylation is 1. The Morgan fingerprint density at radius 1 is 0.708 bits per heavy atom. The summed E-state index contributed by atoms with van der Waals surface area (Å²) < 4.78 is 77.2. The normalized spacial score (nSPS) is 12.3. The van der Waals surface area contributed by atoms with E-state index in [0.29, 0.717) is 42.6 Å². The summed E-state index contributed by atoms with van der Waals surface area (Å²) in [6, 6.07) is 25.9. The Morgan fingerprint density at radius 3 is 1.75 bits per heavy atom. The van der Waals surface area contributed by atoms with Crippen LogP contribution in [0, 0.1) is 12.3 Å². The Morgan fingerprint density at radius 2 is 1.23 bits per heavy atom. The predicted molar refractivity (Wildman–Crippen MR) is 178 cm³/mol. The number of halogens is 5. The predicted octanol–water partition coefficient (Wildman–Crippen LogP) is 9.12. The minimum absolute atomic E-state index is 0.000274. The summed E-state index contributed by atoms with van der Waals surface area (Å²) in [4.78, 5) is 12.7. The van der Waals surface area contributed by atoms with Crippen molar-refractivity contribution in [3.8, 4) is 5.75 Å². The average molecular weight is 666 g/mol. The van der Waals surface area contributed by atoms with Crippen molar-refractivity contribution in [2.24, 2.45) is 5.41 Å². The van der Waals surface area contributed by atoms with Crippen molar-refractivity contribution < 1.29 is 36.2 Å². The summed E-state index contributed by atoms with van der Waals surface area (Å²) in [6.45, 7) is 4.42. The molecule has 0 saturated heterocycles. The third-order valence-corrected chi connectivity index (χ3v) is 7.64. The molecule has 5 nitrogen and oxygen atoms in total. The summed E-state index contributed by atoms with van der Waals surface area (Å²) in [5, 5.41) is 0. The highest BCUT2D eigenvalue weighted by atomic mass is 19.4. The molecule has 0 spiro atoms. The van der Waals surface area contributed by atoms with Gasteiger partial charge >= 0.3 is 18.3 Å². The molecule has 4 rings (SSSR count).